The summed E-state index contributed by atoms with van der Waals surface area (Å²) < 4.78 is 46.6. The van der Waals surface area contributed by atoms with Crippen molar-refractivity contribution in [3.63, 3.8) is 0 Å². The standard InChI is InChI=1S/C60H72ClN5O8S/c1-4-6-7-8-9-10-11-12-13-14-15-16-17-18-19-30-41-74-52-40-39-46(75(71,72)63-49-37-28-27-36-48(49)61)42-50(52)62-57(68)55(66-58(69)59(73-5-2)65(60(66)70)43-44-31-22-20-23-32-44)56(67)53-47-35-26-29-38-51(47)64(3)54(53)45-33-24-21-25-34-45/h20-29,31-40,42,55,63,69H,4-19,30,41,43H2,1-3H3,(H,62,68). The molecule has 1 unspecified atom stereocenters. The maximum Gasteiger partial charge on any atom is 0.335 e. The van der Waals surface area contributed by atoms with Crippen LogP contribution in [0.2, 0.25) is 5.02 Å². The number of para-hydroxylation sites is 2. The number of imidazole rings is 1. The molecule has 0 saturated heterocycles. The number of Topliss-reactive ketones (excluding diaryl/α,β-unsaturated/α-hetero) is 1. The van der Waals surface area contributed by atoms with Crippen molar-refractivity contribution in [3.8, 4) is 28.8 Å². The number of benzene rings is 5. The Morgan fingerprint density at radius 2 is 1.25 bits per heavy atom. The molecule has 1 amide bonds. The van der Waals surface area contributed by atoms with Crippen LogP contribution in [0.4, 0.5) is 11.4 Å². The quantitative estimate of drug-likeness (QED) is 0.0220. The highest BCUT2D eigenvalue weighted by molar-refractivity contribution is 7.92. The van der Waals surface area contributed by atoms with Gasteiger partial charge in [-0.3, -0.25) is 18.9 Å². The van der Waals surface area contributed by atoms with E-state index in [9.17, 15) is 18.3 Å². The SMILES string of the molecule is CCCCCCCCCCCCCCCCCCOc1ccc(S(=O)(=O)Nc2ccccc2Cl)cc1NC(=O)C(C(=O)c1c(-c2ccccc2)n(C)c2ccccc12)n1c(O)c(OCC)n(Cc2ccccc2)c1=O. The summed E-state index contributed by atoms with van der Waals surface area (Å²) in [5, 5.41) is 15.6. The molecule has 75 heavy (non-hydrogen) atoms. The van der Waals surface area contributed by atoms with Crippen LogP contribution in [0, 0.1) is 0 Å². The summed E-state index contributed by atoms with van der Waals surface area (Å²) in [5.41, 5.74) is 1.81. The van der Waals surface area contributed by atoms with Gasteiger partial charge in [0.15, 0.2) is 11.8 Å². The summed E-state index contributed by atoms with van der Waals surface area (Å²) in [6.45, 7) is 4.18. The van der Waals surface area contributed by atoms with Crippen LogP contribution < -0.4 is 25.2 Å². The average molecular weight is 1060 g/mol. The Morgan fingerprint density at radius 3 is 1.88 bits per heavy atom. The average Bonchev–Trinajstić information content (AvgIpc) is 3.85. The molecule has 0 radical (unpaired) electrons. The maximum absolute atomic E-state index is 15.8. The van der Waals surface area contributed by atoms with Crippen molar-refractivity contribution in [2.75, 3.05) is 23.3 Å². The number of halogens is 1. The molecular weight excluding hydrogens is 986 g/mol. The molecule has 15 heteroatoms. The zero-order valence-corrected chi connectivity index (χ0v) is 45.1. The Balaban J connectivity index is 1.19. The number of hydrogen-bond acceptors (Lipinski definition) is 8. The van der Waals surface area contributed by atoms with Gasteiger partial charge < -0.3 is 24.5 Å². The molecular formula is C60H72ClN5O8S. The first-order chi connectivity index (χ1) is 36.4. The van der Waals surface area contributed by atoms with Crippen molar-refractivity contribution in [1.29, 1.82) is 0 Å². The van der Waals surface area contributed by atoms with Gasteiger partial charge in [0.25, 0.3) is 27.7 Å². The van der Waals surface area contributed by atoms with Crippen LogP contribution in [-0.4, -0.2) is 52.1 Å². The van der Waals surface area contributed by atoms with Crippen molar-refractivity contribution in [2.45, 2.75) is 134 Å². The zero-order valence-electron chi connectivity index (χ0n) is 43.6. The number of nitrogens with zero attached hydrogens (tertiary/aromatic N) is 3. The van der Waals surface area contributed by atoms with Gasteiger partial charge >= 0.3 is 5.69 Å². The van der Waals surface area contributed by atoms with E-state index in [0.29, 0.717) is 34.1 Å². The lowest BCUT2D eigenvalue weighted by Crippen LogP contribution is -2.39. The van der Waals surface area contributed by atoms with E-state index in [4.69, 9.17) is 21.1 Å². The molecule has 0 spiro atoms. The van der Waals surface area contributed by atoms with Crippen LogP contribution in [0.15, 0.2) is 137 Å². The molecule has 398 valence electrons. The van der Waals surface area contributed by atoms with E-state index >= 15 is 9.59 Å². The van der Waals surface area contributed by atoms with E-state index in [2.05, 4.69) is 17.0 Å². The van der Waals surface area contributed by atoms with Gasteiger partial charge in [-0.25, -0.2) is 17.8 Å². The van der Waals surface area contributed by atoms with E-state index in [1.54, 1.807) is 61.5 Å². The minimum absolute atomic E-state index is 0.0433. The van der Waals surface area contributed by atoms with Crippen LogP contribution in [0.3, 0.4) is 0 Å². The number of ether oxygens (including phenoxy) is 2. The number of aromatic hydroxyl groups is 1. The van der Waals surface area contributed by atoms with Gasteiger partial charge in [-0.1, -0.05) is 206 Å². The molecule has 7 aromatic rings. The Hall–Kier alpha value is -6.77. The lowest BCUT2D eigenvalue weighted by molar-refractivity contribution is -0.118. The molecule has 2 heterocycles. The third-order valence-electron chi connectivity index (χ3n) is 13.6. The second-order valence-corrected chi connectivity index (χ2v) is 21.2. The highest BCUT2D eigenvalue weighted by Gasteiger charge is 2.40. The molecule has 13 nitrogen and oxygen atoms in total. The Labute approximate surface area is 446 Å². The van der Waals surface area contributed by atoms with E-state index in [1.165, 1.54) is 106 Å². The Morgan fingerprint density at radius 1 is 0.680 bits per heavy atom. The van der Waals surface area contributed by atoms with Gasteiger partial charge in [0, 0.05) is 18.0 Å². The largest absolute Gasteiger partial charge is 0.491 e. The minimum Gasteiger partial charge on any atom is -0.491 e. The number of anilines is 2. The molecule has 0 fully saturated rings. The summed E-state index contributed by atoms with van der Waals surface area (Å²) >= 11 is 6.37. The first kappa shape index (κ1) is 56.0. The molecule has 0 aliphatic carbocycles. The number of aryl methyl sites for hydroxylation is 1. The first-order valence-corrected chi connectivity index (χ1v) is 28.5. The van der Waals surface area contributed by atoms with Crippen molar-refractivity contribution in [1.82, 2.24) is 13.7 Å². The Bertz CT molecular complexity index is 3150. The number of rotatable bonds is 31. The maximum atomic E-state index is 15.8. The normalized spacial score (nSPS) is 11.9. The first-order valence-electron chi connectivity index (χ1n) is 26.7. The number of aromatic nitrogens is 3. The van der Waals surface area contributed by atoms with Crippen LogP contribution >= 0.6 is 11.6 Å². The summed E-state index contributed by atoms with van der Waals surface area (Å²) in [7, 11) is -2.52. The summed E-state index contributed by atoms with van der Waals surface area (Å²) in [6, 6.07) is 33.9. The molecule has 3 N–H and O–H groups in total. The number of ketones is 1. The molecule has 5 aromatic carbocycles. The van der Waals surface area contributed by atoms with Gasteiger partial charge in [0.1, 0.15) is 5.75 Å². The van der Waals surface area contributed by atoms with Crippen LogP contribution in [0.25, 0.3) is 22.2 Å². The number of fused-ring (bicyclic) bond motifs is 1. The summed E-state index contributed by atoms with van der Waals surface area (Å²) in [5.74, 6) is -2.71. The van der Waals surface area contributed by atoms with Gasteiger partial charge in [0.05, 0.1) is 52.3 Å². The second-order valence-electron chi connectivity index (χ2n) is 19.1. The molecule has 0 aliphatic heterocycles. The van der Waals surface area contributed by atoms with Crippen molar-refractivity contribution < 1.29 is 32.6 Å². The van der Waals surface area contributed by atoms with Gasteiger partial charge in [0.2, 0.25) is 0 Å². The smallest absolute Gasteiger partial charge is 0.335 e. The number of unbranched alkanes of at least 4 members (excludes halogenated alkanes) is 15. The molecule has 2 aromatic heterocycles. The van der Waals surface area contributed by atoms with Crippen LogP contribution in [0.1, 0.15) is 139 Å². The fourth-order valence-corrected chi connectivity index (χ4v) is 11.0. The van der Waals surface area contributed by atoms with Crippen molar-refractivity contribution >= 4 is 55.6 Å². The fraction of sp³-hybridized carbons (Fsp3) is 0.383. The number of hydrogen-bond donors (Lipinski definition) is 3. The molecule has 0 aliphatic rings. The third kappa shape index (κ3) is 14.3. The lowest BCUT2D eigenvalue weighted by Gasteiger charge is -2.20. The predicted molar refractivity (Wildman–Crippen MR) is 301 cm³/mol. The van der Waals surface area contributed by atoms with Gasteiger partial charge in [-0.05, 0) is 60.9 Å². The summed E-state index contributed by atoms with van der Waals surface area (Å²) in [4.78, 5) is 45.9. The molecule has 7 rings (SSSR count). The number of sulfonamides is 1. The topological polar surface area (TPSA) is 163 Å². The number of carbonyl (C=O) groups excluding carboxylic acids is 2. The van der Waals surface area contributed by atoms with Gasteiger partial charge in [-0.2, -0.15) is 0 Å². The van der Waals surface area contributed by atoms with Crippen molar-refractivity contribution in [3.05, 3.63) is 154 Å². The monoisotopic (exact) mass is 1060 g/mol. The minimum atomic E-state index is -4.33. The lowest BCUT2D eigenvalue weighted by atomic mass is 9.96. The summed E-state index contributed by atoms with van der Waals surface area (Å²) in [6.07, 6.45) is 19.4. The van der Waals surface area contributed by atoms with E-state index in [0.717, 1.165) is 23.8 Å². The number of carbonyl (C=O) groups is 2. The fourth-order valence-electron chi connectivity index (χ4n) is 9.70. The molecule has 0 saturated carbocycles. The number of nitrogens with one attached hydrogen (secondary N) is 2. The van der Waals surface area contributed by atoms with Crippen LogP contribution in [0.5, 0.6) is 17.5 Å². The van der Waals surface area contributed by atoms with Crippen LogP contribution in [-0.2, 0) is 28.4 Å². The number of amides is 1. The predicted octanol–water partition coefficient (Wildman–Crippen LogP) is 14.1. The van der Waals surface area contributed by atoms with Crippen molar-refractivity contribution in [2.24, 2.45) is 7.05 Å². The second kappa shape index (κ2) is 27.7. The Kier molecular flexibility index (Phi) is 20.7. The molecule has 0 bridgehead atoms. The highest BCUT2D eigenvalue weighted by atomic mass is 35.5. The highest BCUT2D eigenvalue weighted by Crippen LogP contribution is 2.39. The van der Waals surface area contributed by atoms with E-state index in [1.807, 2.05) is 60.1 Å². The van der Waals surface area contributed by atoms with E-state index in [-0.39, 0.29) is 58.2 Å². The molecule has 1 atom stereocenters. The third-order valence-corrected chi connectivity index (χ3v) is 15.3. The van der Waals surface area contributed by atoms with Gasteiger partial charge in [-0.15, -0.1) is 0 Å². The van der Waals surface area contributed by atoms with E-state index < -0.39 is 39.3 Å². The zero-order chi connectivity index (χ0) is 53.2.